The molecule has 0 saturated carbocycles. The summed E-state index contributed by atoms with van der Waals surface area (Å²) in [5.41, 5.74) is 1.16. The highest BCUT2D eigenvalue weighted by molar-refractivity contribution is 6.30. The van der Waals surface area contributed by atoms with Crippen molar-refractivity contribution in [1.82, 2.24) is 4.90 Å². The standard InChI is InChI=1S/C20H24ClNO2/c21-19-8-6-18(7-9-19)20(23,16-17-4-2-1-3-5-17)10-11-22-12-14-24-15-13-22/h1-9,23H,10-16H2/t20-/m1/s1. The van der Waals surface area contributed by atoms with Crippen LogP contribution in [-0.4, -0.2) is 42.9 Å². The zero-order valence-corrected chi connectivity index (χ0v) is 14.6. The molecule has 4 heteroatoms. The maximum Gasteiger partial charge on any atom is 0.0948 e. The smallest absolute Gasteiger partial charge is 0.0948 e. The second kappa shape index (κ2) is 8.13. The number of morpholine rings is 1. The zero-order chi connectivity index (χ0) is 16.8. The van der Waals surface area contributed by atoms with Crippen molar-refractivity contribution in [1.29, 1.82) is 0 Å². The van der Waals surface area contributed by atoms with E-state index in [1.54, 1.807) is 0 Å². The fraction of sp³-hybridized carbons (Fsp3) is 0.400. The van der Waals surface area contributed by atoms with Gasteiger partial charge in [-0.1, -0.05) is 54.1 Å². The molecule has 24 heavy (non-hydrogen) atoms. The van der Waals surface area contributed by atoms with E-state index in [0.717, 1.165) is 44.0 Å². The minimum atomic E-state index is -0.899. The molecule has 1 N–H and O–H groups in total. The Morgan fingerprint density at radius 3 is 2.33 bits per heavy atom. The van der Waals surface area contributed by atoms with Gasteiger partial charge in [-0.3, -0.25) is 4.90 Å². The molecule has 3 rings (SSSR count). The van der Waals surface area contributed by atoms with Gasteiger partial charge in [0.15, 0.2) is 0 Å². The van der Waals surface area contributed by atoms with Gasteiger partial charge in [0.1, 0.15) is 0 Å². The van der Waals surface area contributed by atoms with E-state index in [1.807, 2.05) is 42.5 Å². The van der Waals surface area contributed by atoms with Crippen LogP contribution in [0.15, 0.2) is 54.6 Å². The Kier molecular flexibility index (Phi) is 5.90. The van der Waals surface area contributed by atoms with Crippen molar-refractivity contribution in [3.8, 4) is 0 Å². The molecule has 0 aliphatic carbocycles. The quantitative estimate of drug-likeness (QED) is 0.869. The summed E-state index contributed by atoms with van der Waals surface area (Å²) in [4.78, 5) is 2.36. The average molecular weight is 346 g/mol. The molecule has 1 heterocycles. The first-order valence-electron chi connectivity index (χ1n) is 8.48. The highest BCUT2D eigenvalue weighted by atomic mass is 35.5. The molecule has 1 atom stereocenters. The van der Waals surface area contributed by atoms with Gasteiger partial charge >= 0.3 is 0 Å². The SMILES string of the molecule is O[C@](CCN1CCOCC1)(Cc1ccccc1)c1ccc(Cl)cc1. The average Bonchev–Trinajstić information content (AvgIpc) is 2.62. The molecule has 1 aliphatic rings. The van der Waals surface area contributed by atoms with Crippen molar-refractivity contribution < 1.29 is 9.84 Å². The summed E-state index contributed by atoms with van der Waals surface area (Å²) in [6.07, 6.45) is 1.28. The van der Waals surface area contributed by atoms with Gasteiger partial charge in [0, 0.05) is 31.1 Å². The molecule has 1 aliphatic heterocycles. The number of hydrogen-bond donors (Lipinski definition) is 1. The van der Waals surface area contributed by atoms with Gasteiger partial charge in [0.25, 0.3) is 0 Å². The summed E-state index contributed by atoms with van der Waals surface area (Å²) in [6, 6.07) is 17.7. The van der Waals surface area contributed by atoms with Crippen LogP contribution in [0.5, 0.6) is 0 Å². The summed E-state index contributed by atoms with van der Waals surface area (Å²) in [6.45, 7) is 4.27. The van der Waals surface area contributed by atoms with Crippen LogP contribution in [0, 0.1) is 0 Å². The highest BCUT2D eigenvalue weighted by Gasteiger charge is 2.30. The van der Waals surface area contributed by atoms with Crippen molar-refractivity contribution >= 4 is 11.6 Å². The summed E-state index contributed by atoms with van der Waals surface area (Å²) < 4.78 is 5.41. The first-order chi connectivity index (χ1) is 11.7. The van der Waals surface area contributed by atoms with Crippen LogP contribution in [0.1, 0.15) is 17.5 Å². The summed E-state index contributed by atoms with van der Waals surface area (Å²) in [7, 11) is 0. The molecule has 1 saturated heterocycles. The van der Waals surface area contributed by atoms with E-state index < -0.39 is 5.60 Å². The topological polar surface area (TPSA) is 32.7 Å². The van der Waals surface area contributed by atoms with Crippen molar-refractivity contribution in [2.45, 2.75) is 18.4 Å². The molecule has 0 amide bonds. The van der Waals surface area contributed by atoms with Crippen LogP contribution in [0.3, 0.4) is 0 Å². The molecule has 0 unspecified atom stereocenters. The number of hydrogen-bond acceptors (Lipinski definition) is 3. The van der Waals surface area contributed by atoms with Crippen LogP contribution in [-0.2, 0) is 16.8 Å². The predicted octanol–water partition coefficient (Wildman–Crippen LogP) is 3.49. The Labute approximate surface area is 148 Å². The third kappa shape index (κ3) is 4.58. The lowest BCUT2D eigenvalue weighted by Gasteiger charge is -2.33. The Bertz CT molecular complexity index is 626. The fourth-order valence-corrected chi connectivity index (χ4v) is 3.32. The van der Waals surface area contributed by atoms with E-state index in [9.17, 15) is 5.11 Å². The van der Waals surface area contributed by atoms with Gasteiger partial charge in [-0.2, -0.15) is 0 Å². The molecule has 2 aromatic carbocycles. The molecule has 3 nitrogen and oxygen atoms in total. The molecule has 128 valence electrons. The zero-order valence-electron chi connectivity index (χ0n) is 13.8. The first kappa shape index (κ1) is 17.4. The lowest BCUT2D eigenvalue weighted by atomic mass is 9.84. The third-order valence-corrected chi connectivity index (χ3v) is 4.92. The van der Waals surface area contributed by atoms with E-state index in [4.69, 9.17) is 16.3 Å². The Balaban J connectivity index is 1.77. The molecule has 0 aromatic heterocycles. The number of aliphatic hydroxyl groups is 1. The van der Waals surface area contributed by atoms with Crippen molar-refractivity contribution in [2.75, 3.05) is 32.8 Å². The Hall–Kier alpha value is -1.39. The molecule has 0 spiro atoms. The normalized spacial score (nSPS) is 18.2. The van der Waals surface area contributed by atoms with E-state index >= 15 is 0 Å². The number of ether oxygens (including phenoxy) is 1. The second-order valence-electron chi connectivity index (χ2n) is 6.40. The molecule has 1 fully saturated rings. The van der Waals surface area contributed by atoms with Crippen molar-refractivity contribution in [3.63, 3.8) is 0 Å². The maximum atomic E-state index is 11.5. The number of benzene rings is 2. The number of halogens is 1. The van der Waals surface area contributed by atoms with Crippen LogP contribution >= 0.6 is 11.6 Å². The number of nitrogens with zero attached hydrogens (tertiary/aromatic N) is 1. The maximum absolute atomic E-state index is 11.5. The van der Waals surface area contributed by atoms with E-state index in [-0.39, 0.29) is 0 Å². The van der Waals surface area contributed by atoms with Crippen molar-refractivity contribution in [3.05, 3.63) is 70.7 Å². The lowest BCUT2D eigenvalue weighted by molar-refractivity contribution is -0.00451. The predicted molar refractivity (Wildman–Crippen MR) is 97.4 cm³/mol. The number of rotatable bonds is 6. The molecule has 0 bridgehead atoms. The molecule has 2 aromatic rings. The van der Waals surface area contributed by atoms with E-state index in [0.29, 0.717) is 17.9 Å². The van der Waals surface area contributed by atoms with Crippen LogP contribution < -0.4 is 0 Å². The van der Waals surface area contributed by atoms with Crippen LogP contribution in [0.25, 0.3) is 0 Å². The highest BCUT2D eigenvalue weighted by Crippen LogP contribution is 2.31. The van der Waals surface area contributed by atoms with E-state index in [2.05, 4.69) is 17.0 Å². The van der Waals surface area contributed by atoms with Gasteiger partial charge in [-0.05, 0) is 29.7 Å². The molecular formula is C20H24ClNO2. The summed E-state index contributed by atoms with van der Waals surface area (Å²) in [5, 5.41) is 12.1. The fourth-order valence-electron chi connectivity index (χ4n) is 3.20. The van der Waals surface area contributed by atoms with Gasteiger partial charge in [-0.15, -0.1) is 0 Å². The van der Waals surface area contributed by atoms with Gasteiger partial charge in [0.05, 0.1) is 18.8 Å². The summed E-state index contributed by atoms with van der Waals surface area (Å²) in [5.74, 6) is 0. The lowest BCUT2D eigenvalue weighted by Crippen LogP contribution is -2.40. The minimum Gasteiger partial charge on any atom is -0.385 e. The van der Waals surface area contributed by atoms with Crippen molar-refractivity contribution in [2.24, 2.45) is 0 Å². The minimum absolute atomic E-state index is 0.597. The molecular weight excluding hydrogens is 322 g/mol. The third-order valence-electron chi connectivity index (χ3n) is 4.67. The van der Waals surface area contributed by atoms with Gasteiger partial charge in [-0.25, -0.2) is 0 Å². The van der Waals surface area contributed by atoms with Crippen LogP contribution in [0.2, 0.25) is 5.02 Å². The Morgan fingerprint density at radius 2 is 1.67 bits per heavy atom. The largest absolute Gasteiger partial charge is 0.385 e. The van der Waals surface area contributed by atoms with E-state index in [1.165, 1.54) is 0 Å². The van der Waals surface area contributed by atoms with Gasteiger partial charge in [0.2, 0.25) is 0 Å². The van der Waals surface area contributed by atoms with Crippen LogP contribution in [0.4, 0.5) is 0 Å². The summed E-state index contributed by atoms with van der Waals surface area (Å²) >= 11 is 6.02. The molecule has 0 radical (unpaired) electrons. The Morgan fingerprint density at radius 1 is 1.00 bits per heavy atom. The first-order valence-corrected chi connectivity index (χ1v) is 8.86. The monoisotopic (exact) mass is 345 g/mol. The second-order valence-corrected chi connectivity index (χ2v) is 6.84. The van der Waals surface area contributed by atoms with Gasteiger partial charge < -0.3 is 9.84 Å².